The number of halogens is 1. The van der Waals surface area contributed by atoms with Crippen molar-refractivity contribution in [2.75, 3.05) is 5.32 Å². The van der Waals surface area contributed by atoms with Crippen LogP contribution in [0.2, 0.25) is 0 Å². The minimum absolute atomic E-state index is 0.205. The van der Waals surface area contributed by atoms with Crippen molar-refractivity contribution in [3.8, 4) is 5.75 Å². The standard InChI is InChI=1S/C24H22BrN3O3/c1-16-6-8-18(9-7-16)15-31-23-11-10-21(25)12-20(23)14-26-28-24(30)19-4-3-5-22(13-19)27-17(2)29/h3-14H,15H2,1-2H3,(H,27,29)(H,28,30). The van der Waals surface area contributed by atoms with Crippen LogP contribution in [0.5, 0.6) is 5.75 Å². The third-order valence-electron chi connectivity index (χ3n) is 4.30. The van der Waals surface area contributed by atoms with Gasteiger partial charge in [0.25, 0.3) is 5.91 Å². The van der Waals surface area contributed by atoms with Gasteiger partial charge in [-0.3, -0.25) is 9.59 Å². The number of rotatable bonds is 7. The van der Waals surface area contributed by atoms with Crippen molar-refractivity contribution in [3.63, 3.8) is 0 Å². The van der Waals surface area contributed by atoms with E-state index >= 15 is 0 Å². The largest absolute Gasteiger partial charge is 0.488 e. The van der Waals surface area contributed by atoms with Gasteiger partial charge in [-0.25, -0.2) is 5.43 Å². The number of carbonyl (C=O) groups is 2. The number of anilines is 1. The lowest BCUT2D eigenvalue weighted by Gasteiger charge is -2.10. The number of amides is 2. The summed E-state index contributed by atoms with van der Waals surface area (Å²) in [5.41, 5.74) is 6.40. The SMILES string of the molecule is CC(=O)Nc1cccc(C(=O)NN=Cc2cc(Br)ccc2OCc2ccc(C)cc2)c1. The summed E-state index contributed by atoms with van der Waals surface area (Å²) in [6.07, 6.45) is 1.53. The van der Waals surface area contributed by atoms with Gasteiger partial charge >= 0.3 is 0 Å². The van der Waals surface area contributed by atoms with Crippen molar-refractivity contribution in [1.82, 2.24) is 5.43 Å². The first-order valence-electron chi connectivity index (χ1n) is 9.59. The van der Waals surface area contributed by atoms with Crippen LogP contribution in [0.4, 0.5) is 5.69 Å². The predicted octanol–water partition coefficient (Wildman–Crippen LogP) is 5.06. The van der Waals surface area contributed by atoms with E-state index in [0.717, 1.165) is 10.0 Å². The van der Waals surface area contributed by atoms with Gasteiger partial charge in [-0.1, -0.05) is 51.8 Å². The van der Waals surface area contributed by atoms with Gasteiger partial charge in [-0.05, 0) is 48.9 Å². The second-order valence-corrected chi connectivity index (χ2v) is 7.83. The zero-order chi connectivity index (χ0) is 22.2. The fourth-order valence-electron chi connectivity index (χ4n) is 2.76. The van der Waals surface area contributed by atoms with Gasteiger partial charge in [-0.15, -0.1) is 0 Å². The Bertz CT molecular complexity index is 1110. The molecular weight excluding hydrogens is 458 g/mol. The number of hydrogen-bond donors (Lipinski definition) is 2. The summed E-state index contributed by atoms with van der Waals surface area (Å²) in [7, 11) is 0. The first kappa shape index (κ1) is 22.2. The fraction of sp³-hybridized carbons (Fsp3) is 0.125. The molecule has 0 aliphatic heterocycles. The summed E-state index contributed by atoms with van der Waals surface area (Å²) >= 11 is 3.45. The Morgan fingerprint density at radius 1 is 1.06 bits per heavy atom. The first-order chi connectivity index (χ1) is 14.9. The van der Waals surface area contributed by atoms with E-state index in [2.05, 4.69) is 31.8 Å². The molecule has 7 heteroatoms. The molecule has 3 aromatic rings. The molecule has 3 aromatic carbocycles. The van der Waals surface area contributed by atoms with Gasteiger partial charge in [0.05, 0.1) is 6.21 Å². The smallest absolute Gasteiger partial charge is 0.271 e. The number of nitrogens with one attached hydrogen (secondary N) is 2. The molecule has 0 aliphatic rings. The highest BCUT2D eigenvalue weighted by Crippen LogP contribution is 2.23. The zero-order valence-corrected chi connectivity index (χ0v) is 18.8. The number of hydrazone groups is 1. The van der Waals surface area contributed by atoms with Gasteiger partial charge in [0.1, 0.15) is 12.4 Å². The average molecular weight is 480 g/mol. The molecule has 0 saturated carbocycles. The fourth-order valence-corrected chi connectivity index (χ4v) is 3.14. The summed E-state index contributed by atoms with van der Waals surface area (Å²) in [5.74, 6) is 0.0541. The molecule has 0 atom stereocenters. The minimum Gasteiger partial charge on any atom is -0.488 e. The lowest BCUT2D eigenvalue weighted by Crippen LogP contribution is -2.18. The van der Waals surface area contributed by atoms with Crippen LogP contribution in [-0.4, -0.2) is 18.0 Å². The highest BCUT2D eigenvalue weighted by molar-refractivity contribution is 9.10. The lowest BCUT2D eigenvalue weighted by molar-refractivity contribution is -0.114. The molecule has 0 saturated heterocycles. The van der Waals surface area contributed by atoms with E-state index in [1.165, 1.54) is 18.7 Å². The molecular formula is C24H22BrN3O3. The minimum atomic E-state index is -0.388. The summed E-state index contributed by atoms with van der Waals surface area (Å²) in [6.45, 7) is 3.87. The molecule has 3 rings (SSSR count). The van der Waals surface area contributed by atoms with Crippen molar-refractivity contribution in [2.24, 2.45) is 5.10 Å². The van der Waals surface area contributed by atoms with E-state index < -0.39 is 0 Å². The summed E-state index contributed by atoms with van der Waals surface area (Å²) < 4.78 is 6.81. The molecule has 2 N–H and O–H groups in total. The molecule has 0 heterocycles. The highest BCUT2D eigenvalue weighted by Gasteiger charge is 2.07. The topological polar surface area (TPSA) is 79.8 Å². The molecule has 0 fully saturated rings. The van der Waals surface area contributed by atoms with E-state index in [9.17, 15) is 9.59 Å². The maximum absolute atomic E-state index is 12.4. The molecule has 0 aliphatic carbocycles. The predicted molar refractivity (Wildman–Crippen MR) is 125 cm³/mol. The van der Waals surface area contributed by atoms with Crippen molar-refractivity contribution in [2.45, 2.75) is 20.5 Å². The van der Waals surface area contributed by atoms with Crippen molar-refractivity contribution < 1.29 is 14.3 Å². The maximum atomic E-state index is 12.4. The Morgan fingerprint density at radius 3 is 2.58 bits per heavy atom. The van der Waals surface area contributed by atoms with Gasteiger partial charge < -0.3 is 10.1 Å². The van der Waals surface area contributed by atoms with Crippen LogP contribution >= 0.6 is 15.9 Å². The quantitative estimate of drug-likeness (QED) is 0.367. The number of hydrogen-bond acceptors (Lipinski definition) is 4. The van der Waals surface area contributed by atoms with E-state index in [1.54, 1.807) is 24.3 Å². The highest BCUT2D eigenvalue weighted by atomic mass is 79.9. The number of aryl methyl sites for hydroxylation is 1. The molecule has 0 unspecified atom stereocenters. The Morgan fingerprint density at radius 2 is 1.84 bits per heavy atom. The zero-order valence-electron chi connectivity index (χ0n) is 17.2. The second kappa shape index (κ2) is 10.5. The summed E-state index contributed by atoms with van der Waals surface area (Å²) in [6, 6.07) is 20.3. The molecule has 0 spiro atoms. The van der Waals surface area contributed by atoms with Crippen molar-refractivity contribution in [1.29, 1.82) is 0 Å². The monoisotopic (exact) mass is 479 g/mol. The Balaban J connectivity index is 1.67. The molecule has 31 heavy (non-hydrogen) atoms. The second-order valence-electron chi connectivity index (χ2n) is 6.92. The molecule has 0 aromatic heterocycles. The van der Waals surface area contributed by atoms with E-state index in [4.69, 9.17) is 4.74 Å². The molecule has 2 amide bonds. The average Bonchev–Trinajstić information content (AvgIpc) is 2.74. The van der Waals surface area contributed by atoms with E-state index in [1.807, 2.05) is 49.4 Å². The van der Waals surface area contributed by atoms with E-state index in [-0.39, 0.29) is 11.8 Å². The number of nitrogens with zero attached hydrogens (tertiary/aromatic N) is 1. The molecule has 6 nitrogen and oxygen atoms in total. The van der Waals surface area contributed by atoms with Crippen LogP contribution in [0, 0.1) is 6.92 Å². The van der Waals surface area contributed by atoms with E-state index in [0.29, 0.717) is 29.2 Å². The van der Waals surface area contributed by atoms with Crippen LogP contribution < -0.4 is 15.5 Å². The first-order valence-corrected chi connectivity index (χ1v) is 10.4. The molecule has 0 radical (unpaired) electrons. The van der Waals surface area contributed by atoms with Gasteiger partial charge in [0, 0.05) is 28.2 Å². The maximum Gasteiger partial charge on any atom is 0.271 e. The van der Waals surface area contributed by atoms with Crippen molar-refractivity contribution >= 4 is 39.6 Å². The normalized spacial score (nSPS) is 10.7. The molecule has 0 bridgehead atoms. The van der Waals surface area contributed by atoms with Gasteiger partial charge in [-0.2, -0.15) is 5.10 Å². The third kappa shape index (κ3) is 6.79. The number of carbonyl (C=O) groups excluding carboxylic acids is 2. The van der Waals surface area contributed by atoms with Crippen LogP contribution in [-0.2, 0) is 11.4 Å². The third-order valence-corrected chi connectivity index (χ3v) is 4.79. The number of ether oxygens (including phenoxy) is 1. The Labute approximate surface area is 189 Å². The summed E-state index contributed by atoms with van der Waals surface area (Å²) in [5, 5.41) is 6.71. The summed E-state index contributed by atoms with van der Waals surface area (Å²) in [4.78, 5) is 23.6. The van der Waals surface area contributed by atoms with Crippen molar-refractivity contribution in [3.05, 3.63) is 93.5 Å². The lowest BCUT2D eigenvalue weighted by atomic mass is 10.1. The van der Waals surface area contributed by atoms with Gasteiger partial charge in [0.2, 0.25) is 5.91 Å². The molecule has 158 valence electrons. The van der Waals surface area contributed by atoms with Crippen LogP contribution in [0.1, 0.15) is 34.0 Å². The van der Waals surface area contributed by atoms with Gasteiger partial charge in [0.15, 0.2) is 0 Å². The number of benzene rings is 3. The Hall–Kier alpha value is -3.45. The van der Waals surface area contributed by atoms with Crippen LogP contribution in [0.25, 0.3) is 0 Å². The Kier molecular flexibility index (Phi) is 7.56. The van der Waals surface area contributed by atoms with Crippen LogP contribution in [0.15, 0.2) is 76.3 Å². The van der Waals surface area contributed by atoms with Crippen LogP contribution in [0.3, 0.4) is 0 Å².